The molecule has 0 fully saturated rings. The number of para-hydroxylation sites is 1. The number of carbonyl (C=O) groups is 1. The molecule has 2 aromatic rings. The SMILES string of the molecule is N#Cc1ccc(NC(=O)Nc2ccccc2CO)cc1. The summed E-state index contributed by atoms with van der Waals surface area (Å²) in [5.74, 6) is 0. The van der Waals surface area contributed by atoms with Crippen LogP contribution in [0.3, 0.4) is 0 Å². The number of urea groups is 1. The van der Waals surface area contributed by atoms with Crippen molar-refractivity contribution < 1.29 is 9.90 Å². The zero-order valence-corrected chi connectivity index (χ0v) is 10.6. The number of anilines is 2. The van der Waals surface area contributed by atoms with Gasteiger partial charge in [0, 0.05) is 16.9 Å². The highest BCUT2D eigenvalue weighted by Crippen LogP contribution is 2.15. The molecule has 5 heteroatoms. The molecular weight excluding hydrogens is 254 g/mol. The van der Waals surface area contributed by atoms with Crippen LogP contribution in [0.1, 0.15) is 11.1 Å². The summed E-state index contributed by atoms with van der Waals surface area (Å²) in [5, 5.41) is 23.2. The summed E-state index contributed by atoms with van der Waals surface area (Å²) in [5.41, 5.74) is 2.31. The van der Waals surface area contributed by atoms with Gasteiger partial charge < -0.3 is 15.7 Å². The van der Waals surface area contributed by atoms with Gasteiger partial charge in [0.05, 0.1) is 18.2 Å². The van der Waals surface area contributed by atoms with Crippen molar-refractivity contribution in [2.24, 2.45) is 0 Å². The van der Waals surface area contributed by atoms with Crippen LogP contribution < -0.4 is 10.6 Å². The van der Waals surface area contributed by atoms with Gasteiger partial charge in [-0.2, -0.15) is 5.26 Å². The minimum Gasteiger partial charge on any atom is -0.392 e. The molecule has 0 aliphatic rings. The fourth-order valence-electron chi connectivity index (χ4n) is 1.69. The number of carbonyl (C=O) groups excluding carboxylic acids is 1. The number of aliphatic hydroxyl groups is 1. The third-order valence-electron chi connectivity index (χ3n) is 2.71. The average molecular weight is 267 g/mol. The van der Waals surface area contributed by atoms with E-state index in [4.69, 9.17) is 5.26 Å². The molecule has 20 heavy (non-hydrogen) atoms. The van der Waals surface area contributed by atoms with Gasteiger partial charge in [-0.1, -0.05) is 18.2 Å². The van der Waals surface area contributed by atoms with Gasteiger partial charge in [0.15, 0.2) is 0 Å². The number of nitriles is 1. The van der Waals surface area contributed by atoms with Crippen molar-refractivity contribution in [2.45, 2.75) is 6.61 Å². The van der Waals surface area contributed by atoms with Crippen molar-refractivity contribution in [1.82, 2.24) is 0 Å². The number of hydrogen-bond acceptors (Lipinski definition) is 3. The Balaban J connectivity index is 2.03. The second-order valence-corrected chi connectivity index (χ2v) is 4.08. The van der Waals surface area contributed by atoms with E-state index in [1.165, 1.54) is 0 Å². The third kappa shape index (κ3) is 3.34. The average Bonchev–Trinajstić information content (AvgIpc) is 2.48. The van der Waals surface area contributed by atoms with Crippen LogP contribution in [-0.4, -0.2) is 11.1 Å². The first-order valence-electron chi connectivity index (χ1n) is 6.00. The molecule has 0 unspecified atom stereocenters. The standard InChI is InChI=1S/C15H13N3O2/c16-9-11-5-7-13(8-6-11)17-15(20)18-14-4-2-1-3-12(14)10-19/h1-8,19H,10H2,(H2,17,18,20). The second-order valence-electron chi connectivity index (χ2n) is 4.08. The van der Waals surface area contributed by atoms with Gasteiger partial charge >= 0.3 is 6.03 Å². The van der Waals surface area contributed by atoms with Gasteiger partial charge in [0.2, 0.25) is 0 Å². The van der Waals surface area contributed by atoms with Gasteiger partial charge in [-0.05, 0) is 30.3 Å². The van der Waals surface area contributed by atoms with Crippen LogP contribution in [-0.2, 0) is 6.61 Å². The molecule has 0 radical (unpaired) electrons. The smallest absolute Gasteiger partial charge is 0.323 e. The Morgan fingerprint density at radius 2 is 1.80 bits per heavy atom. The molecule has 0 saturated heterocycles. The number of rotatable bonds is 3. The van der Waals surface area contributed by atoms with Crippen LogP contribution in [0.4, 0.5) is 16.2 Å². The lowest BCUT2D eigenvalue weighted by Gasteiger charge is -2.10. The van der Waals surface area contributed by atoms with E-state index in [0.29, 0.717) is 22.5 Å². The Morgan fingerprint density at radius 1 is 1.10 bits per heavy atom. The first kappa shape index (κ1) is 13.6. The molecule has 3 N–H and O–H groups in total. The van der Waals surface area contributed by atoms with Crippen molar-refractivity contribution in [3.63, 3.8) is 0 Å². The molecule has 0 spiro atoms. The van der Waals surface area contributed by atoms with Crippen molar-refractivity contribution in [3.8, 4) is 6.07 Å². The van der Waals surface area contributed by atoms with Crippen LogP contribution in [0.15, 0.2) is 48.5 Å². The molecule has 2 amide bonds. The molecule has 0 aliphatic heterocycles. The highest BCUT2D eigenvalue weighted by Gasteiger charge is 2.06. The largest absolute Gasteiger partial charge is 0.392 e. The third-order valence-corrected chi connectivity index (χ3v) is 2.71. The maximum Gasteiger partial charge on any atom is 0.323 e. The highest BCUT2D eigenvalue weighted by molar-refractivity contribution is 6.00. The quantitative estimate of drug-likeness (QED) is 0.799. The summed E-state index contributed by atoms with van der Waals surface area (Å²) in [6.07, 6.45) is 0. The molecule has 0 atom stereocenters. The van der Waals surface area contributed by atoms with Gasteiger partial charge in [-0.15, -0.1) is 0 Å². The fraction of sp³-hybridized carbons (Fsp3) is 0.0667. The lowest BCUT2D eigenvalue weighted by molar-refractivity contribution is 0.262. The van der Waals surface area contributed by atoms with E-state index in [9.17, 15) is 9.90 Å². The molecule has 0 heterocycles. The summed E-state index contributed by atoms with van der Waals surface area (Å²) in [6.45, 7) is -0.146. The Bertz CT molecular complexity index is 645. The number of aliphatic hydroxyl groups excluding tert-OH is 1. The Hall–Kier alpha value is -2.84. The van der Waals surface area contributed by atoms with E-state index < -0.39 is 6.03 Å². The predicted octanol–water partition coefficient (Wildman–Crippen LogP) is 2.69. The van der Waals surface area contributed by atoms with Crippen LogP contribution in [0.5, 0.6) is 0 Å². The lowest BCUT2D eigenvalue weighted by atomic mass is 10.2. The summed E-state index contributed by atoms with van der Waals surface area (Å²) < 4.78 is 0. The monoisotopic (exact) mass is 267 g/mol. The van der Waals surface area contributed by atoms with Crippen molar-refractivity contribution in [2.75, 3.05) is 10.6 Å². The summed E-state index contributed by atoms with van der Waals surface area (Å²) >= 11 is 0. The zero-order chi connectivity index (χ0) is 14.4. The first-order chi connectivity index (χ1) is 9.72. The number of hydrogen-bond donors (Lipinski definition) is 3. The molecule has 0 bridgehead atoms. The van der Waals surface area contributed by atoms with Crippen LogP contribution in [0.2, 0.25) is 0 Å². The normalized spacial score (nSPS) is 9.60. The number of nitrogens with zero attached hydrogens (tertiary/aromatic N) is 1. The molecular formula is C15H13N3O2. The van der Waals surface area contributed by atoms with Crippen LogP contribution in [0.25, 0.3) is 0 Å². The summed E-state index contributed by atoms with van der Waals surface area (Å²) in [4.78, 5) is 11.8. The van der Waals surface area contributed by atoms with E-state index in [0.717, 1.165) is 0 Å². The molecule has 100 valence electrons. The summed E-state index contributed by atoms with van der Waals surface area (Å²) in [6, 6.07) is 15.1. The van der Waals surface area contributed by atoms with Gasteiger partial charge in [-0.25, -0.2) is 4.79 Å². The van der Waals surface area contributed by atoms with E-state index in [-0.39, 0.29) is 6.61 Å². The number of benzene rings is 2. The molecule has 0 saturated carbocycles. The van der Waals surface area contributed by atoms with Crippen molar-refractivity contribution in [3.05, 3.63) is 59.7 Å². The fourth-order valence-corrected chi connectivity index (χ4v) is 1.69. The van der Waals surface area contributed by atoms with E-state index in [1.54, 1.807) is 48.5 Å². The van der Waals surface area contributed by atoms with Crippen LogP contribution in [0, 0.1) is 11.3 Å². The Morgan fingerprint density at radius 3 is 2.45 bits per heavy atom. The first-order valence-corrected chi connectivity index (χ1v) is 6.00. The number of amides is 2. The molecule has 5 nitrogen and oxygen atoms in total. The molecule has 0 aromatic heterocycles. The van der Waals surface area contributed by atoms with E-state index in [1.807, 2.05) is 6.07 Å². The Kier molecular flexibility index (Phi) is 4.32. The van der Waals surface area contributed by atoms with Crippen molar-refractivity contribution in [1.29, 1.82) is 5.26 Å². The van der Waals surface area contributed by atoms with E-state index >= 15 is 0 Å². The predicted molar refractivity (Wildman–Crippen MR) is 76.2 cm³/mol. The topological polar surface area (TPSA) is 85.2 Å². The minimum atomic E-state index is -0.407. The van der Waals surface area contributed by atoms with E-state index in [2.05, 4.69) is 10.6 Å². The molecule has 2 rings (SSSR count). The maximum atomic E-state index is 11.8. The highest BCUT2D eigenvalue weighted by atomic mass is 16.3. The molecule has 0 aliphatic carbocycles. The number of nitrogens with one attached hydrogen (secondary N) is 2. The van der Waals surface area contributed by atoms with Crippen LogP contribution >= 0.6 is 0 Å². The van der Waals surface area contributed by atoms with Gasteiger partial charge in [0.25, 0.3) is 0 Å². The second kappa shape index (κ2) is 6.36. The minimum absolute atomic E-state index is 0.146. The van der Waals surface area contributed by atoms with Gasteiger partial charge in [-0.3, -0.25) is 0 Å². The maximum absolute atomic E-state index is 11.8. The zero-order valence-electron chi connectivity index (χ0n) is 10.6. The van der Waals surface area contributed by atoms with Gasteiger partial charge in [0.1, 0.15) is 0 Å². The summed E-state index contributed by atoms with van der Waals surface area (Å²) in [7, 11) is 0. The van der Waals surface area contributed by atoms with Crippen molar-refractivity contribution >= 4 is 17.4 Å². The lowest BCUT2D eigenvalue weighted by Crippen LogP contribution is -2.20. The Labute approximate surface area is 116 Å². The molecule has 2 aromatic carbocycles.